The zero-order valence-electron chi connectivity index (χ0n) is 10.5. The second kappa shape index (κ2) is 5.53. The van der Waals surface area contributed by atoms with E-state index >= 15 is 0 Å². The molecule has 0 spiro atoms. The summed E-state index contributed by atoms with van der Waals surface area (Å²) in [7, 11) is -8.24. The van der Waals surface area contributed by atoms with E-state index in [1.165, 1.54) is 6.07 Å². The van der Waals surface area contributed by atoms with Gasteiger partial charge in [0.05, 0.1) is 17.2 Å². The van der Waals surface area contributed by atoms with Gasteiger partial charge >= 0.3 is 6.18 Å². The number of halogens is 3. The van der Waals surface area contributed by atoms with E-state index in [0.29, 0.717) is 12.3 Å². The minimum Gasteiger partial charge on any atom is -0.283 e. The number of anilines is 1. The van der Waals surface area contributed by atoms with Crippen molar-refractivity contribution in [3.05, 3.63) is 29.3 Å². The number of nitriles is 1. The number of nitrogens with one attached hydrogen (secondary N) is 1. The molecule has 0 bridgehead atoms. The molecule has 1 N–H and O–H groups in total. The lowest BCUT2D eigenvalue weighted by Gasteiger charge is -2.12. The summed E-state index contributed by atoms with van der Waals surface area (Å²) >= 11 is 0. The van der Waals surface area contributed by atoms with Gasteiger partial charge in [-0.1, -0.05) is 0 Å². The largest absolute Gasteiger partial charge is 0.417 e. The van der Waals surface area contributed by atoms with Crippen molar-refractivity contribution in [3.63, 3.8) is 0 Å². The summed E-state index contributed by atoms with van der Waals surface area (Å²) in [6.45, 7) is 0. The molecule has 0 saturated carbocycles. The molecular weight excluding hydrogens is 333 g/mol. The number of rotatable bonds is 4. The second-order valence-corrected chi connectivity index (χ2v) is 8.36. The zero-order chi connectivity index (χ0) is 16.5. The van der Waals surface area contributed by atoms with Gasteiger partial charge in [-0.25, -0.2) is 16.8 Å². The summed E-state index contributed by atoms with van der Waals surface area (Å²) in [5.41, 5.74) is -2.47. The third-order valence-corrected chi connectivity index (χ3v) is 5.59. The van der Waals surface area contributed by atoms with Crippen LogP contribution in [-0.4, -0.2) is 28.2 Å². The van der Waals surface area contributed by atoms with Gasteiger partial charge in [-0.15, -0.1) is 0 Å². The van der Waals surface area contributed by atoms with Gasteiger partial charge in [0, 0.05) is 11.9 Å². The summed E-state index contributed by atoms with van der Waals surface area (Å²) in [6.07, 6.45) is -4.17. The van der Waals surface area contributed by atoms with Gasteiger partial charge in [0.25, 0.3) is 0 Å². The standard InChI is InChI=1S/C10H9F3N2O4S2/c1-20(16,17)6-21(18,19)15-8-3-2-7(5-14)9(4-8)10(11,12)13/h2-4,15H,6H2,1H3. The molecule has 0 aromatic heterocycles. The highest BCUT2D eigenvalue weighted by Crippen LogP contribution is 2.33. The number of sulfonamides is 1. The van der Waals surface area contributed by atoms with E-state index in [2.05, 4.69) is 0 Å². The fourth-order valence-electron chi connectivity index (χ4n) is 1.43. The Bertz CT molecular complexity index is 793. The molecular formula is C10H9F3N2O4S2. The van der Waals surface area contributed by atoms with E-state index < -0.39 is 47.9 Å². The van der Waals surface area contributed by atoms with E-state index in [1.54, 1.807) is 4.72 Å². The van der Waals surface area contributed by atoms with Gasteiger partial charge in [-0.05, 0) is 18.2 Å². The molecule has 0 aliphatic carbocycles. The molecule has 0 heterocycles. The van der Waals surface area contributed by atoms with Crippen molar-refractivity contribution in [1.82, 2.24) is 0 Å². The Balaban J connectivity index is 3.21. The van der Waals surface area contributed by atoms with Crippen molar-refractivity contribution < 1.29 is 30.0 Å². The van der Waals surface area contributed by atoms with Crippen LogP contribution in [-0.2, 0) is 26.0 Å². The van der Waals surface area contributed by atoms with Crippen molar-refractivity contribution in [2.45, 2.75) is 6.18 Å². The summed E-state index contributed by atoms with van der Waals surface area (Å²) in [5, 5.41) is 7.33. The lowest BCUT2D eigenvalue weighted by atomic mass is 10.1. The Hall–Kier alpha value is -1.80. The number of sulfone groups is 1. The minimum absolute atomic E-state index is 0.429. The number of nitrogens with zero attached hydrogens (tertiary/aromatic N) is 1. The topological polar surface area (TPSA) is 104 Å². The smallest absolute Gasteiger partial charge is 0.283 e. The highest BCUT2D eigenvalue weighted by atomic mass is 32.3. The van der Waals surface area contributed by atoms with E-state index in [-0.39, 0.29) is 0 Å². The average molecular weight is 342 g/mol. The van der Waals surface area contributed by atoms with Crippen LogP contribution < -0.4 is 4.72 Å². The van der Waals surface area contributed by atoms with E-state index in [9.17, 15) is 30.0 Å². The van der Waals surface area contributed by atoms with Gasteiger partial charge in [0.1, 0.15) is 0 Å². The highest BCUT2D eigenvalue weighted by molar-refractivity contribution is 8.08. The normalized spacial score (nSPS) is 12.7. The molecule has 0 amide bonds. The zero-order valence-corrected chi connectivity index (χ0v) is 12.1. The number of benzene rings is 1. The fraction of sp³-hybridized carbons (Fsp3) is 0.300. The van der Waals surface area contributed by atoms with E-state index in [1.807, 2.05) is 0 Å². The van der Waals surface area contributed by atoms with Crippen molar-refractivity contribution in [1.29, 1.82) is 5.26 Å². The third kappa shape index (κ3) is 5.24. The molecule has 0 aliphatic rings. The van der Waals surface area contributed by atoms with Crippen LogP contribution in [0.15, 0.2) is 18.2 Å². The summed E-state index contributed by atoms with van der Waals surface area (Å²) in [5.74, 6) is 0. The molecule has 1 aromatic rings. The highest BCUT2D eigenvalue weighted by Gasteiger charge is 2.34. The molecule has 116 valence electrons. The molecule has 1 aromatic carbocycles. The second-order valence-electron chi connectivity index (χ2n) is 4.13. The Morgan fingerprint density at radius 2 is 1.81 bits per heavy atom. The summed E-state index contributed by atoms with van der Waals surface area (Å²) < 4.78 is 84.6. The predicted octanol–water partition coefficient (Wildman–Crippen LogP) is 1.32. The number of hydrogen-bond acceptors (Lipinski definition) is 5. The first-order chi connectivity index (χ1) is 9.34. The van der Waals surface area contributed by atoms with Crippen LogP contribution >= 0.6 is 0 Å². The summed E-state index contributed by atoms with van der Waals surface area (Å²) in [6, 6.07) is 3.50. The molecule has 0 aliphatic heterocycles. The molecule has 0 atom stereocenters. The molecule has 11 heteroatoms. The van der Waals surface area contributed by atoms with Crippen LogP contribution in [0.3, 0.4) is 0 Å². The first kappa shape index (κ1) is 17.3. The predicted molar refractivity (Wildman–Crippen MR) is 68.4 cm³/mol. The maximum atomic E-state index is 12.7. The lowest BCUT2D eigenvalue weighted by molar-refractivity contribution is -0.137. The van der Waals surface area contributed by atoms with Crippen LogP contribution in [0, 0.1) is 11.3 Å². The maximum absolute atomic E-state index is 12.7. The molecule has 0 fully saturated rings. The third-order valence-electron chi connectivity index (χ3n) is 2.09. The van der Waals surface area contributed by atoms with Crippen molar-refractivity contribution in [2.24, 2.45) is 0 Å². The molecule has 0 radical (unpaired) electrons. The van der Waals surface area contributed by atoms with Gasteiger partial charge in [-0.3, -0.25) is 4.72 Å². The molecule has 6 nitrogen and oxygen atoms in total. The molecule has 21 heavy (non-hydrogen) atoms. The van der Waals surface area contributed by atoms with Gasteiger partial charge in [-0.2, -0.15) is 18.4 Å². The summed E-state index contributed by atoms with van der Waals surface area (Å²) in [4.78, 5) is 0. The number of hydrogen-bond donors (Lipinski definition) is 1. The van der Waals surface area contributed by atoms with E-state index in [0.717, 1.165) is 12.1 Å². The first-order valence-corrected chi connectivity index (χ1v) is 8.85. The van der Waals surface area contributed by atoms with Crippen LogP contribution in [0.2, 0.25) is 0 Å². The average Bonchev–Trinajstić information content (AvgIpc) is 2.23. The molecule has 0 saturated heterocycles. The monoisotopic (exact) mass is 342 g/mol. The van der Waals surface area contributed by atoms with Gasteiger partial charge in [0.2, 0.25) is 10.0 Å². The fourth-order valence-corrected chi connectivity index (χ4v) is 4.41. The molecule has 1 rings (SSSR count). The molecule has 0 unspecified atom stereocenters. The van der Waals surface area contributed by atoms with E-state index in [4.69, 9.17) is 5.26 Å². The van der Waals surface area contributed by atoms with Crippen molar-refractivity contribution >= 4 is 25.5 Å². The Morgan fingerprint density at radius 3 is 2.24 bits per heavy atom. The van der Waals surface area contributed by atoms with Crippen LogP contribution in [0.25, 0.3) is 0 Å². The Labute approximate surface area is 119 Å². The van der Waals surface area contributed by atoms with Crippen LogP contribution in [0.1, 0.15) is 11.1 Å². The maximum Gasteiger partial charge on any atom is 0.417 e. The Kier molecular flexibility index (Phi) is 4.54. The van der Waals surface area contributed by atoms with Gasteiger partial charge in [0.15, 0.2) is 14.9 Å². The first-order valence-electron chi connectivity index (χ1n) is 5.13. The van der Waals surface area contributed by atoms with Crippen molar-refractivity contribution in [3.8, 4) is 6.07 Å². The Morgan fingerprint density at radius 1 is 1.24 bits per heavy atom. The SMILES string of the molecule is CS(=O)(=O)CS(=O)(=O)Nc1ccc(C#N)c(C(F)(F)F)c1. The van der Waals surface area contributed by atoms with Crippen LogP contribution in [0.4, 0.5) is 18.9 Å². The quantitative estimate of drug-likeness (QED) is 0.889. The van der Waals surface area contributed by atoms with Crippen LogP contribution in [0.5, 0.6) is 0 Å². The van der Waals surface area contributed by atoms with Crippen molar-refractivity contribution in [2.75, 3.05) is 16.1 Å². The lowest BCUT2D eigenvalue weighted by Crippen LogP contribution is -2.22. The minimum atomic E-state index is -4.84. The van der Waals surface area contributed by atoms with Gasteiger partial charge < -0.3 is 0 Å². The number of alkyl halides is 3.